The SMILES string of the molecule is CC(C)CC(CC(C)C)Nc1cnccc1Cl. The Morgan fingerprint density at radius 1 is 1.18 bits per heavy atom. The molecule has 17 heavy (non-hydrogen) atoms. The lowest BCUT2D eigenvalue weighted by molar-refractivity contribution is 0.442. The van der Waals surface area contributed by atoms with Crippen LogP contribution in [0.5, 0.6) is 0 Å². The van der Waals surface area contributed by atoms with E-state index in [1.54, 1.807) is 12.4 Å². The summed E-state index contributed by atoms with van der Waals surface area (Å²) in [6.45, 7) is 9.00. The molecule has 0 unspecified atom stereocenters. The lowest BCUT2D eigenvalue weighted by Gasteiger charge is -2.23. The van der Waals surface area contributed by atoms with E-state index in [9.17, 15) is 0 Å². The highest BCUT2D eigenvalue weighted by Gasteiger charge is 2.14. The van der Waals surface area contributed by atoms with Crippen molar-refractivity contribution < 1.29 is 0 Å². The van der Waals surface area contributed by atoms with Crippen molar-refractivity contribution in [2.24, 2.45) is 11.8 Å². The number of nitrogens with zero attached hydrogens (tertiary/aromatic N) is 1. The van der Waals surface area contributed by atoms with Crippen LogP contribution in [0, 0.1) is 11.8 Å². The Kier molecular flexibility index (Phi) is 5.76. The van der Waals surface area contributed by atoms with E-state index >= 15 is 0 Å². The fraction of sp³-hybridized carbons (Fsp3) is 0.643. The lowest BCUT2D eigenvalue weighted by atomic mass is 9.95. The zero-order valence-corrected chi connectivity index (χ0v) is 12.0. The molecule has 2 nitrogen and oxygen atoms in total. The van der Waals surface area contributed by atoms with Crippen molar-refractivity contribution in [2.45, 2.75) is 46.6 Å². The van der Waals surface area contributed by atoms with Crippen LogP contribution in [0.3, 0.4) is 0 Å². The molecule has 0 amide bonds. The van der Waals surface area contributed by atoms with E-state index in [0.717, 1.165) is 23.6 Å². The van der Waals surface area contributed by atoms with Gasteiger partial charge in [-0.25, -0.2) is 0 Å². The fourth-order valence-electron chi connectivity index (χ4n) is 2.06. The first kappa shape index (κ1) is 14.3. The Labute approximate surface area is 110 Å². The monoisotopic (exact) mass is 254 g/mol. The highest BCUT2D eigenvalue weighted by atomic mass is 35.5. The molecular weight excluding hydrogens is 232 g/mol. The molecule has 0 aliphatic heterocycles. The van der Waals surface area contributed by atoms with Gasteiger partial charge in [-0.15, -0.1) is 0 Å². The van der Waals surface area contributed by atoms with Crippen molar-refractivity contribution in [1.29, 1.82) is 0 Å². The summed E-state index contributed by atoms with van der Waals surface area (Å²) in [6.07, 6.45) is 5.83. The van der Waals surface area contributed by atoms with Crippen LogP contribution in [0.4, 0.5) is 5.69 Å². The van der Waals surface area contributed by atoms with Crippen molar-refractivity contribution >= 4 is 17.3 Å². The highest BCUT2D eigenvalue weighted by molar-refractivity contribution is 6.33. The smallest absolute Gasteiger partial charge is 0.0718 e. The van der Waals surface area contributed by atoms with Crippen LogP contribution in [0.15, 0.2) is 18.5 Å². The quantitative estimate of drug-likeness (QED) is 0.802. The largest absolute Gasteiger partial charge is 0.380 e. The minimum Gasteiger partial charge on any atom is -0.380 e. The molecule has 0 aliphatic carbocycles. The normalized spacial score (nSPS) is 11.5. The number of aromatic nitrogens is 1. The standard InChI is InChI=1S/C14H23ClN2/c1-10(2)7-12(8-11(3)4)17-14-9-16-6-5-13(14)15/h5-6,9-12,17H,7-8H2,1-4H3. The van der Waals surface area contributed by atoms with E-state index in [0.29, 0.717) is 17.9 Å². The molecule has 0 aromatic carbocycles. The molecule has 0 aliphatic rings. The maximum atomic E-state index is 6.14. The van der Waals surface area contributed by atoms with Gasteiger partial charge in [-0.05, 0) is 30.7 Å². The van der Waals surface area contributed by atoms with E-state index in [1.807, 2.05) is 6.07 Å². The first-order valence-corrected chi connectivity index (χ1v) is 6.73. The Morgan fingerprint density at radius 3 is 2.24 bits per heavy atom. The maximum absolute atomic E-state index is 6.14. The molecule has 0 spiro atoms. The van der Waals surface area contributed by atoms with Gasteiger partial charge < -0.3 is 5.32 Å². The lowest BCUT2D eigenvalue weighted by Crippen LogP contribution is -2.23. The zero-order valence-electron chi connectivity index (χ0n) is 11.2. The number of rotatable bonds is 6. The minimum absolute atomic E-state index is 0.469. The van der Waals surface area contributed by atoms with Crippen LogP contribution in [0.1, 0.15) is 40.5 Å². The van der Waals surface area contributed by atoms with E-state index in [2.05, 4.69) is 38.0 Å². The van der Waals surface area contributed by atoms with Gasteiger partial charge in [0, 0.05) is 12.2 Å². The van der Waals surface area contributed by atoms with Crippen LogP contribution in [0.25, 0.3) is 0 Å². The first-order valence-electron chi connectivity index (χ1n) is 6.35. The summed E-state index contributed by atoms with van der Waals surface area (Å²) in [5, 5.41) is 4.26. The molecule has 96 valence electrons. The van der Waals surface area contributed by atoms with Gasteiger partial charge >= 0.3 is 0 Å². The summed E-state index contributed by atoms with van der Waals surface area (Å²) < 4.78 is 0. The van der Waals surface area contributed by atoms with Crippen LogP contribution in [-0.2, 0) is 0 Å². The van der Waals surface area contributed by atoms with Crippen molar-refractivity contribution in [3.8, 4) is 0 Å². The number of hydrogen-bond acceptors (Lipinski definition) is 2. The topological polar surface area (TPSA) is 24.9 Å². The minimum atomic E-state index is 0.469. The van der Waals surface area contributed by atoms with E-state index in [4.69, 9.17) is 11.6 Å². The highest BCUT2D eigenvalue weighted by Crippen LogP contribution is 2.24. The molecular formula is C14H23ClN2. The van der Waals surface area contributed by atoms with Gasteiger partial charge in [0.2, 0.25) is 0 Å². The molecule has 1 rings (SSSR count). The fourth-order valence-corrected chi connectivity index (χ4v) is 2.22. The summed E-state index contributed by atoms with van der Waals surface area (Å²) in [5.74, 6) is 1.36. The van der Waals surface area contributed by atoms with E-state index in [-0.39, 0.29) is 0 Å². The molecule has 3 heteroatoms. The third kappa shape index (κ3) is 5.40. The average Bonchev–Trinajstić information content (AvgIpc) is 2.19. The number of anilines is 1. The molecule has 1 aromatic heterocycles. The van der Waals surface area contributed by atoms with Gasteiger partial charge in [0.1, 0.15) is 0 Å². The van der Waals surface area contributed by atoms with Crippen molar-refractivity contribution in [1.82, 2.24) is 4.98 Å². The Morgan fingerprint density at radius 2 is 1.76 bits per heavy atom. The average molecular weight is 255 g/mol. The van der Waals surface area contributed by atoms with Gasteiger partial charge in [-0.1, -0.05) is 39.3 Å². The molecule has 1 heterocycles. The predicted molar refractivity (Wildman–Crippen MR) is 75.6 cm³/mol. The van der Waals surface area contributed by atoms with Gasteiger partial charge in [0.25, 0.3) is 0 Å². The van der Waals surface area contributed by atoms with Crippen LogP contribution >= 0.6 is 11.6 Å². The van der Waals surface area contributed by atoms with Gasteiger partial charge in [0.15, 0.2) is 0 Å². The van der Waals surface area contributed by atoms with Crippen molar-refractivity contribution in [3.05, 3.63) is 23.5 Å². The Balaban J connectivity index is 2.68. The number of pyridine rings is 1. The molecule has 0 bridgehead atoms. The second-order valence-electron chi connectivity index (χ2n) is 5.46. The predicted octanol–water partition coefficient (Wildman–Crippen LogP) is 4.61. The maximum Gasteiger partial charge on any atom is 0.0718 e. The molecule has 0 saturated carbocycles. The molecule has 0 fully saturated rings. The summed E-state index contributed by atoms with van der Waals surface area (Å²) >= 11 is 6.14. The van der Waals surface area contributed by atoms with Crippen LogP contribution in [0.2, 0.25) is 5.02 Å². The molecule has 0 radical (unpaired) electrons. The van der Waals surface area contributed by atoms with E-state index in [1.165, 1.54) is 0 Å². The van der Waals surface area contributed by atoms with Gasteiger partial charge in [-0.3, -0.25) is 4.98 Å². The molecule has 0 atom stereocenters. The van der Waals surface area contributed by atoms with Gasteiger partial charge in [0.05, 0.1) is 16.9 Å². The second-order valence-corrected chi connectivity index (χ2v) is 5.86. The summed E-state index contributed by atoms with van der Waals surface area (Å²) in [6, 6.07) is 2.29. The summed E-state index contributed by atoms with van der Waals surface area (Å²) in [5.41, 5.74) is 0.945. The summed E-state index contributed by atoms with van der Waals surface area (Å²) in [7, 11) is 0. The van der Waals surface area contributed by atoms with Crippen molar-refractivity contribution in [3.63, 3.8) is 0 Å². The number of halogens is 1. The van der Waals surface area contributed by atoms with E-state index < -0.39 is 0 Å². The van der Waals surface area contributed by atoms with Crippen LogP contribution < -0.4 is 5.32 Å². The molecule has 1 aromatic rings. The molecule has 1 N–H and O–H groups in total. The van der Waals surface area contributed by atoms with Crippen LogP contribution in [-0.4, -0.2) is 11.0 Å². The first-order chi connectivity index (χ1) is 7.99. The molecule has 0 saturated heterocycles. The third-order valence-corrected chi connectivity index (χ3v) is 2.97. The number of nitrogens with one attached hydrogen (secondary N) is 1. The second kappa shape index (κ2) is 6.85. The van der Waals surface area contributed by atoms with Gasteiger partial charge in [-0.2, -0.15) is 0 Å². The third-order valence-electron chi connectivity index (χ3n) is 2.64. The summed E-state index contributed by atoms with van der Waals surface area (Å²) in [4.78, 5) is 4.11. The number of hydrogen-bond donors (Lipinski definition) is 1. The Hall–Kier alpha value is -0.760. The zero-order chi connectivity index (χ0) is 12.8. The Bertz CT molecular complexity index is 327. The van der Waals surface area contributed by atoms with Crippen molar-refractivity contribution in [2.75, 3.05) is 5.32 Å².